The molecular weight excluding hydrogens is 495 g/mol. The number of urea groups is 1. The summed E-state index contributed by atoms with van der Waals surface area (Å²) in [5.41, 5.74) is 6.22. The van der Waals surface area contributed by atoms with Crippen LogP contribution in [-0.2, 0) is 45.8 Å². The van der Waals surface area contributed by atoms with E-state index >= 15 is 0 Å². The molecule has 2 N–H and O–H groups in total. The number of quaternary nitrogens is 1. The van der Waals surface area contributed by atoms with Crippen LogP contribution < -0.4 is 10.6 Å². The number of rotatable bonds is 4. The minimum Gasteiger partial charge on any atom is -0.316 e. The number of carbonyl (C=O) groups is 1. The van der Waals surface area contributed by atoms with E-state index in [0.29, 0.717) is 0 Å². The molecule has 5 heteroatoms. The van der Waals surface area contributed by atoms with Gasteiger partial charge in [0.05, 0.1) is 18.8 Å². The van der Waals surface area contributed by atoms with Gasteiger partial charge in [-0.1, -0.05) is 44.6 Å². The number of hydrogen-bond donors (Lipinski definition) is 2. The molecule has 34 heavy (non-hydrogen) atoms. The predicted octanol–water partition coefficient (Wildman–Crippen LogP) is 6.79. The zero-order valence-electron chi connectivity index (χ0n) is 20.9. The molecule has 1 aromatic carbocycles. The Labute approximate surface area is 231 Å². The van der Waals surface area contributed by atoms with Crippen LogP contribution in [0.5, 0.6) is 0 Å². The molecular formula is C29H39N3OY. The average molecular weight is 535 g/mol. The predicted molar refractivity (Wildman–Crippen MR) is 137 cm³/mol. The monoisotopic (exact) mass is 534 g/mol. The number of amides is 2. The molecule has 1 saturated heterocycles. The van der Waals surface area contributed by atoms with Crippen molar-refractivity contribution >= 4 is 11.7 Å². The number of nitrogens with one attached hydrogen (secondary N) is 2. The number of allylic oxidation sites excluding steroid dienone is 8. The molecule has 2 unspecified atom stereocenters. The van der Waals surface area contributed by atoms with Crippen molar-refractivity contribution in [3.8, 4) is 0 Å². The third kappa shape index (κ3) is 6.74. The second-order valence-electron chi connectivity index (χ2n) is 9.57. The van der Waals surface area contributed by atoms with E-state index in [9.17, 15) is 4.79 Å². The van der Waals surface area contributed by atoms with E-state index in [1.54, 1.807) is 0 Å². The number of fused-ring (bicyclic) bond motifs is 1. The summed E-state index contributed by atoms with van der Waals surface area (Å²) >= 11 is 0. The summed E-state index contributed by atoms with van der Waals surface area (Å²) in [5, 5.41) is 6.16. The maximum absolute atomic E-state index is 12.6. The normalized spacial score (nSPS) is 24.5. The van der Waals surface area contributed by atoms with Gasteiger partial charge in [0.2, 0.25) is 0 Å². The molecule has 0 bridgehead atoms. The van der Waals surface area contributed by atoms with E-state index in [4.69, 9.17) is 0 Å². The summed E-state index contributed by atoms with van der Waals surface area (Å²) in [4.78, 5) is 12.6. The molecule has 0 saturated carbocycles. The topological polar surface area (TPSA) is 41.1 Å². The first kappa shape index (κ1) is 27.0. The SMILES string of the molecule is CC.O=C(NC1=CC=CCC1)Nc1cccc2c1C[N+]1(CCCC(CC3=CC[CH-]C=C3)C1)C2.[Y]. The van der Waals surface area contributed by atoms with Gasteiger partial charge in [0.15, 0.2) is 0 Å². The van der Waals surface area contributed by atoms with Gasteiger partial charge in [-0.15, -0.1) is 11.6 Å². The quantitative estimate of drug-likeness (QED) is 0.324. The van der Waals surface area contributed by atoms with Crippen molar-refractivity contribution in [1.82, 2.24) is 5.32 Å². The third-order valence-corrected chi connectivity index (χ3v) is 7.19. The Bertz CT molecular complexity index is 978. The van der Waals surface area contributed by atoms with Crippen LogP contribution in [0.15, 0.2) is 65.9 Å². The zero-order chi connectivity index (χ0) is 23.1. The summed E-state index contributed by atoms with van der Waals surface area (Å²) in [6.07, 6.45) is 22.0. The van der Waals surface area contributed by atoms with Gasteiger partial charge in [-0.3, -0.25) is 0 Å². The molecule has 1 fully saturated rings. The fourth-order valence-electron chi connectivity index (χ4n) is 5.79. The number of piperidine rings is 1. The van der Waals surface area contributed by atoms with Gasteiger partial charge < -0.3 is 15.1 Å². The first-order valence-corrected chi connectivity index (χ1v) is 12.8. The van der Waals surface area contributed by atoms with Crippen LogP contribution >= 0.6 is 0 Å². The van der Waals surface area contributed by atoms with Crippen molar-refractivity contribution in [2.75, 3.05) is 18.4 Å². The largest absolute Gasteiger partial charge is 0.323 e. The Morgan fingerprint density at radius 2 is 2.09 bits per heavy atom. The van der Waals surface area contributed by atoms with E-state index in [2.05, 4.69) is 59.6 Å². The Morgan fingerprint density at radius 1 is 1.21 bits per heavy atom. The number of carbonyl (C=O) groups excluding carboxylic acids is 1. The van der Waals surface area contributed by atoms with Gasteiger partial charge in [-0.05, 0) is 44.2 Å². The number of nitrogens with zero attached hydrogens (tertiary/aromatic N) is 1. The smallest absolute Gasteiger partial charge is 0.316 e. The Morgan fingerprint density at radius 3 is 2.85 bits per heavy atom. The van der Waals surface area contributed by atoms with Gasteiger partial charge in [0.1, 0.15) is 13.1 Å². The summed E-state index contributed by atoms with van der Waals surface area (Å²) in [7, 11) is 0. The van der Waals surface area contributed by atoms with Gasteiger partial charge in [-0.25, -0.2) is 23.4 Å². The van der Waals surface area contributed by atoms with Crippen LogP contribution in [0.2, 0.25) is 0 Å². The Hall–Kier alpha value is -1.62. The Balaban J connectivity index is 0.00000105. The van der Waals surface area contributed by atoms with E-state index in [1.165, 1.54) is 49.1 Å². The van der Waals surface area contributed by atoms with Crippen molar-refractivity contribution in [3.05, 3.63) is 83.5 Å². The average Bonchev–Trinajstić information content (AvgIpc) is 3.20. The van der Waals surface area contributed by atoms with Gasteiger partial charge >= 0.3 is 6.03 Å². The fraction of sp³-hybridized carbons (Fsp3) is 0.448. The van der Waals surface area contributed by atoms with Gasteiger partial charge in [0.25, 0.3) is 0 Å². The van der Waals surface area contributed by atoms with Crippen LogP contribution in [0.1, 0.15) is 63.5 Å². The van der Waals surface area contributed by atoms with E-state index < -0.39 is 0 Å². The second kappa shape index (κ2) is 12.9. The van der Waals surface area contributed by atoms with E-state index in [-0.39, 0.29) is 38.7 Å². The van der Waals surface area contributed by atoms with Crippen LogP contribution in [0.25, 0.3) is 0 Å². The van der Waals surface area contributed by atoms with E-state index in [0.717, 1.165) is 54.1 Å². The van der Waals surface area contributed by atoms with Crippen molar-refractivity contribution in [2.45, 2.75) is 65.5 Å². The second-order valence-corrected chi connectivity index (χ2v) is 9.57. The molecule has 2 atom stereocenters. The van der Waals surface area contributed by atoms with Crippen molar-refractivity contribution in [3.63, 3.8) is 0 Å². The third-order valence-electron chi connectivity index (χ3n) is 7.19. The van der Waals surface area contributed by atoms with Crippen molar-refractivity contribution < 1.29 is 42.0 Å². The number of anilines is 1. The maximum atomic E-state index is 12.6. The maximum Gasteiger partial charge on any atom is 0.323 e. The van der Waals surface area contributed by atoms with Gasteiger partial charge in [-0.2, -0.15) is 0 Å². The van der Waals surface area contributed by atoms with Crippen LogP contribution in [0, 0.1) is 12.3 Å². The van der Waals surface area contributed by atoms with Crippen LogP contribution in [0.3, 0.4) is 0 Å². The van der Waals surface area contributed by atoms with Crippen LogP contribution in [0.4, 0.5) is 10.5 Å². The molecule has 2 aliphatic carbocycles. The summed E-state index contributed by atoms with van der Waals surface area (Å²) in [5.74, 6) is 0.753. The molecule has 1 aromatic rings. The number of hydrogen-bond acceptors (Lipinski definition) is 1. The molecule has 0 aromatic heterocycles. The molecule has 2 aliphatic heterocycles. The van der Waals surface area contributed by atoms with Gasteiger partial charge in [0, 0.05) is 55.5 Å². The number of benzene rings is 1. The fourth-order valence-corrected chi connectivity index (χ4v) is 5.79. The van der Waals surface area contributed by atoms with Crippen molar-refractivity contribution in [1.29, 1.82) is 0 Å². The first-order valence-electron chi connectivity index (χ1n) is 12.8. The summed E-state index contributed by atoms with van der Waals surface area (Å²) in [6, 6.07) is 6.28. The standard InChI is InChI=1S/C27H33N3O.C2H6.Y/c31-27(28-24-13-5-2-6-14-24)29-26-15-7-12-23-19-30(20-25(23)26)16-8-11-22(18-30)17-21-9-3-1-4-10-21;1-2;/h1-3,5,7,9-10,12-13,15,22H,4,6,8,11,14,16-20H2,(H2,28,29,31);1-2H3;. The Kier molecular flexibility index (Phi) is 10.2. The minimum absolute atomic E-state index is 0. The molecule has 5 rings (SSSR count). The minimum atomic E-state index is -0.127. The molecule has 1 radical (unpaired) electrons. The van der Waals surface area contributed by atoms with E-state index in [1.807, 2.05) is 26.0 Å². The molecule has 4 nitrogen and oxygen atoms in total. The van der Waals surface area contributed by atoms with Crippen LogP contribution in [-0.4, -0.2) is 23.6 Å². The first-order chi connectivity index (χ1) is 16.2. The molecule has 2 amide bonds. The van der Waals surface area contributed by atoms with Crippen molar-refractivity contribution in [2.24, 2.45) is 5.92 Å². The molecule has 2 heterocycles. The summed E-state index contributed by atoms with van der Waals surface area (Å²) < 4.78 is 1.15. The molecule has 179 valence electrons. The zero-order valence-corrected chi connectivity index (χ0v) is 23.7. The molecule has 4 aliphatic rings. The molecule has 1 spiro atoms. The summed E-state index contributed by atoms with van der Waals surface area (Å²) in [6.45, 7) is 8.63.